The standard InChI is InChI=1S/C29H20BrFN4O3/c30-24-16-19(10-15-26(24)38-18-27(36)33-22-13-11-21(31)12-14-22)17-32-35-28(20-6-2-1-3-7-20)34-25-9-5-4-8-23(25)29(35)37/h1-17H,18H2,(H,33,36). The number of carbonyl (C=O) groups excluding carboxylic acids is 1. The van der Waals surface area contributed by atoms with Gasteiger partial charge in [-0.3, -0.25) is 9.59 Å². The third-order valence-electron chi connectivity index (χ3n) is 5.55. The van der Waals surface area contributed by atoms with Crippen LogP contribution in [-0.2, 0) is 4.79 Å². The summed E-state index contributed by atoms with van der Waals surface area (Å²) in [6.45, 7) is -0.234. The molecule has 0 atom stereocenters. The number of hydrogen-bond acceptors (Lipinski definition) is 5. The van der Waals surface area contributed by atoms with E-state index in [-0.39, 0.29) is 23.9 Å². The van der Waals surface area contributed by atoms with E-state index in [1.54, 1.807) is 42.6 Å². The van der Waals surface area contributed by atoms with E-state index in [1.165, 1.54) is 28.9 Å². The molecule has 0 saturated carbocycles. The Kier molecular flexibility index (Phi) is 7.37. The first-order valence-electron chi connectivity index (χ1n) is 11.6. The van der Waals surface area contributed by atoms with Crippen molar-refractivity contribution in [2.24, 2.45) is 5.10 Å². The number of nitrogens with zero attached hydrogens (tertiary/aromatic N) is 3. The molecular formula is C29H20BrFN4O3. The third kappa shape index (κ3) is 5.68. The molecule has 0 spiro atoms. The zero-order valence-corrected chi connectivity index (χ0v) is 21.4. The number of para-hydroxylation sites is 1. The van der Waals surface area contributed by atoms with E-state index in [1.807, 2.05) is 36.4 Å². The monoisotopic (exact) mass is 570 g/mol. The van der Waals surface area contributed by atoms with E-state index in [0.29, 0.717) is 38.2 Å². The second-order valence-corrected chi connectivity index (χ2v) is 9.07. The van der Waals surface area contributed by atoms with E-state index in [9.17, 15) is 14.0 Å². The summed E-state index contributed by atoms with van der Waals surface area (Å²) in [5.41, 5.74) is 2.24. The maximum Gasteiger partial charge on any atom is 0.282 e. The van der Waals surface area contributed by atoms with Gasteiger partial charge in [0.25, 0.3) is 11.5 Å². The molecule has 0 aliphatic carbocycles. The fourth-order valence-corrected chi connectivity index (χ4v) is 4.23. The van der Waals surface area contributed by atoms with Gasteiger partial charge in [0.1, 0.15) is 11.6 Å². The van der Waals surface area contributed by atoms with Crippen LogP contribution in [0.4, 0.5) is 10.1 Å². The van der Waals surface area contributed by atoms with E-state index in [4.69, 9.17) is 4.74 Å². The molecule has 1 amide bonds. The molecule has 188 valence electrons. The topological polar surface area (TPSA) is 85.6 Å². The highest BCUT2D eigenvalue weighted by atomic mass is 79.9. The first-order chi connectivity index (χ1) is 18.5. The second-order valence-electron chi connectivity index (χ2n) is 8.21. The zero-order chi connectivity index (χ0) is 26.5. The highest BCUT2D eigenvalue weighted by molar-refractivity contribution is 9.10. The molecule has 0 fully saturated rings. The van der Waals surface area contributed by atoms with Crippen molar-refractivity contribution in [3.8, 4) is 17.1 Å². The maximum absolute atomic E-state index is 13.3. The molecule has 4 aromatic carbocycles. The summed E-state index contributed by atoms with van der Waals surface area (Å²) < 4.78 is 20.5. The van der Waals surface area contributed by atoms with Crippen molar-refractivity contribution in [2.75, 3.05) is 11.9 Å². The lowest BCUT2D eigenvalue weighted by Crippen LogP contribution is -2.20. The predicted octanol–water partition coefficient (Wildman–Crippen LogP) is 5.86. The summed E-state index contributed by atoms with van der Waals surface area (Å²) in [7, 11) is 0. The van der Waals surface area contributed by atoms with Crippen molar-refractivity contribution in [2.45, 2.75) is 0 Å². The van der Waals surface area contributed by atoms with Crippen molar-refractivity contribution < 1.29 is 13.9 Å². The molecule has 7 nitrogen and oxygen atoms in total. The van der Waals surface area contributed by atoms with Gasteiger partial charge in [-0.05, 0) is 76.1 Å². The fourth-order valence-electron chi connectivity index (χ4n) is 3.72. The van der Waals surface area contributed by atoms with Gasteiger partial charge in [0.15, 0.2) is 12.4 Å². The predicted molar refractivity (Wildman–Crippen MR) is 149 cm³/mol. The number of halogens is 2. The van der Waals surface area contributed by atoms with Crippen LogP contribution in [0.25, 0.3) is 22.3 Å². The summed E-state index contributed by atoms with van der Waals surface area (Å²) in [5.74, 6) is 0.110. The third-order valence-corrected chi connectivity index (χ3v) is 6.17. The minimum Gasteiger partial charge on any atom is -0.483 e. The molecule has 0 aliphatic rings. The molecule has 0 bridgehead atoms. The van der Waals surface area contributed by atoms with E-state index in [2.05, 4.69) is 31.3 Å². The average Bonchev–Trinajstić information content (AvgIpc) is 2.94. The quantitative estimate of drug-likeness (QED) is 0.248. The normalized spacial score (nSPS) is 11.1. The smallest absolute Gasteiger partial charge is 0.282 e. The Morgan fingerprint density at radius 3 is 2.50 bits per heavy atom. The minimum atomic E-state index is -0.384. The summed E-state index contributed by atoms with van der Waals surface area (Å²) in [6.07, 6.45) is 1.56. The van der Waals surface area contributed by atoms with Gasteiger partial charge in [-0.1, -0.05) is 42.5 Å². The molecule has 0 unspecified atom stereocenters. The Hall–Kier alpha value is -4.63. The van der Waals surface area contributed by atoms with Gasteiger partial charge in [0.05, 0.1) is 21.6 Å². The van der Waals surface area contributed by atoms with Crippen molar-refractivity contribution >= 4 is 44.6 Å². The van der Waals surface area contributed by atoms with Gasteiger partial charge in [-0.2, -0.15) is 9.78 Å². The number of amides is 1. The minimum absolute atomic E-state index is 0.234. The molecule has 9 heteroatoms. The van der Waals surface area contributed by atoms with Crippen LogP contribution >= 0.6 is 15.9 Å². The summed E-state index contributed by atoms with van der Waals surface area (Å²) in [6, 6.07) is 27.2. The largest absolute Gasteiger partial charge is 0.483 e. The lowest BCUT2D eigenvalue weighted by molar-refractivity contribution is -0.118. The number of fused-ring (bicyclic) bond motifs is 1. The van der Waals surface area contributed by atoms with Gasteiger partial charge in [0, 0.05) is 11.3 Å². The number of ether oxygens (including phenoxy) is 1. The van der Waals surface area contributed by atoms with Crippen LogP contribution in [0.1, 0.15) is 5.56 Å². The van der Waals surface area contributed by atoms with E-state index in [0.717, 1.165) is 5.56 Å². The molecule has 0 radical (unpaired) electrons. The molecule has 1 heterocycles. The summed E-state index contributed by atoms with van der Waals surface area (Å²) in [5, 5.41) is 7.57. The molecule has 1 aromatic heterocycles. The molecule has 0 saturated heterocycles. The summed E-state index contributed by atoms with van der Waals surface area (Å²) in [4.78, 5) is 30.2. The molecular weight excluding hydrogens is 551 g/mol. The van der Waals surface area contributed by atoms with Gasteiger partial charge in [-0.25, -0.2) is 9.37 Å². The maximum atomic E-state index is 13.3. The second kappa shape index (κ2) is 11.2. The lowest BCUT2D eigenvalue weighted by Gasteiger charge is -2.10. The Labute approximate surface area is 225 Å². The Morgan fingerprint density at radius 1 is 1.00 bits per heavy atom. The van der Waals surface area contributed by atoms with E-state index < -0.39 is 0 Å². The number of hydrogen-bond donors (Lipinski definition) is 1. The fraction of sp³-hybridized carbons (Fsp3) is 0.0345. The SMILES string of the molecule is O=C(COc1ccc(C=Nn2c(-c3ccccc3)nc3ccccc3c2=O)cc1Br)Nc1ccc(F)cc1. The van der Waals surface area contributed by atoms with Crippen LogP contribution in [0.2, 0.25) is 0 Å². The number of rotatable bonds is 7. The highest BCUT2D eigenvalue weighted by Gasteiger charge is 2.12. The zero-order valence-electron chi connectivity index (χ0n) is 19.8. The van der Waals surface area contributed by atoms with Crippen molar-refractivity contribution in [1.29, 1.82) is 0 Å². The van der Waals surface area contributed by atoms with Gasteiger partial charge < -0.3 is 10.1 Å². The van der Waals surface area contributed by atoms with Crippen LogP contribution in [0.5, 0.6) is 5.75 Å². The number of anilines is 1. The van der Waals surface area contributed by atoms with Crippen LogP contribution in [0.3, 0.4) is 0 Å². The Bertz CT molecular complexity index is 1700. The van der Waals surface area contributed by atoms with Gasteiger partial charge in [0.2, 0.25) is 0 Å². The Balaban J connectivity index is 1.36. The molecule has 5 rings (SSSR count). The molecule has 38 heavy (non-hydrogen) atoms. The lowest BCUT2D eigenvalue weighted by atomic mass is 10.2. The number of benzene rings is 4. The number of nitrogens with one attached hydrogen (secondary N) is 1. The van der Waals surface area contributed by atoms with Gasteiger partial charge in [-0.15, -0.1) is 0 Å². The van der Waals surface area contributed by atoms with E-state index >= 15 is 0 Å². The number of aromatic nitrogens is 2. The molecule has 0 aliphatic heterocycles. The van der Waals surface area contributed by atoms with Crippen molar-refractivity contribution in [1.82, 2.24) is 9.66 Å². The van der Waals surface area contributed by atoms with Crippen LogP contribution in [0, 0.1) is 5.82 Å². The summed E-state index contributed by atoms with van der Waals surface area (Å²) >= 11 is 3.46. The first-order valence-corrected chi connectivity index (χ1v) is 12.4. The van der Waals surface area contributed by atoms with Crippen LogP contribution in [0.15, 0.2) is 111 Å². The number of carbonyl (C=O) groups is 1. The van der Waals surface area contributed by atoms with Crippen molar-refractivity contribution in [3.63, 3.8) is 0 Å². The first kappa shape index (κ1) is 25.0. The van der Waals surface area contributed by atoms with Crippen LogP contribution < -0.4 is 15.6 Å². The average molecular weight is 571 g/mol. The molecule has 5 aromatic rings. The van der Waals surface area contributed by atoms with Crippen molar-refractivity contribution in [3.05, 3.63) is 123 Å². The molecule has 1 N–H and O–H groups in total. The van der Waals surface area contributed by atoms with Crippen LogP contribution in [-0.4, -0.2) is 28.4 Å². The Morgan fingerprint density at radius 2 is 1.74 bits per heavy atom. The van der Waals surface area contributed by atoms with Gasteiger partial charge >= 0.3 is 0 Å². The highest BCUT2D eigenvalue weighted by Crippen LogP contribution is 2.26.